The fraction of sp³-hybridized carbons (Fsp3) is 0.333. The predicted molar refractivity (Wildman–Crippen MR) is 114 cm³/mol. The van der Waals surface area contributed by atoms with E-state index >= 15 is 0 Å². The monoisotopic (exact) mass is 458 g/mol. The average molecular weight is 458 g/mol. The van der Waals surface area contributed by atoms with E-state index in [1.807, 2.05) is 54.3 Å². The highest BCUT2D eigenvalue weighted by Gasteiger charge is 2.43. The van der Waals surface area contributed by atoms with Crippen LogP contribution in [0, 0.1) is 18.3 Å². The van der Waals surface area contributed by atoms with Crippen LogP contribution < -0.4 is 0 Å². The second-order valence-electron chi connectivity index (χ2n) is 8.14. The number of hydrogen-bond acceptors (Lipinski definition) is 4. The van der Waals surface area contributed by atoms with Crippen LogP contribution >= 0.6 is 0 Å². The third-order valence-corrected chi connectivity index (χ3v) is 5.57. The summed E-state index contributed by atoms with van der Waals surface area (Å²) >= 11 is 0. The minimum atomic E-state index is -4.53. The smallest absolute Gasteiger partial charge is 0.314 e. The van der Waals surface area contributed by atoms with Gasteiger partial charge in [-0.1, -0.05) is 42.0 Å². The van der Waals surface area contributed by atoms with Crippen LogP contribution in [0.1, 0.15) is 28.4 Å². The van der Waals surface area contributed by atoms with Crippen LogP contribution in [0.5, 0.6) is 0 Å². The molecule has 172 valence electrons. The molecule has 0 spiro atoms. The Labute approximate surface area is 188 Å². The number of ether oxygens (including phenoxy) is 1. The molecule has 5 nitrogen and oxygen atoms in total. The van der Waals surface area contributed by atoms with Crippen LogP contribution in [0.15, 0.2) is 54.6 Å². The highest BCUT2D eigenvalue weighted by atomic mass is 19.3. The fourth-order valence-electron chi connectivity index (χ4n) is 3.86. The van der Waals surface area contributed by atoms with E-state index < -0.39 is 25.2 Å². The quantitative estimate of drug-likeness (QED) is 0.459. The van der Waals surface area contributed by atoms with Crippen molar-refractivity contribution in [1.29, 1.82) is 5.26 Å². The third kappa shape index (κ3) is 5.24. The summed E-state index contributed by atoms with van der Waals surface area (Å²) in [4.78, 5) is 2.02. The summed E-state index contributed by atoms with van der Waals surface area (Å²) in [5, 5.41) is 13.6. The molecule has 4 rings (SSSR count). The van der Waals surface area contributed by atoms with Gasteiger partial charge in [0.05, 0.1) is 35.7 Å². The summed E-state index contributed by atoms with van der Waals surface area (Å²) < 4.78 is 58.1. The summed E-state index contributed by atoms with van der Waals surface area (Å²) in [5.41, 5.74) is 4.91. The highest BCUT2D eigenvalue weighted by Crippen LogP contribution is 2.31. The number of fused-ring (bicyclic) bond motifs is 1. The molecule has 0 fully saturated rings. The van der Waals surface area contributed by atoms with Gasteiger partial charge in [0.1, 0.15) is 0 Å². The summed E-state index contributed by atoms with van der Waals surface area (Å²) in [6, 6.07) is 18.1. The summed E-state index contributed by atoms with van der Waals surface area (Å²) in [5.74, 6) is 0. The molecule has 0 saturated carbocycles. The molecule has 9 heteroatoms. The van der Waals surface area contributed by atoms with E-state index in [2.05, 4.69) is 15.9 Å². The Kier molecular flexibility index (Phi) is 6.49. The van der Waals surface area contributed by atoms with Crippen molar-refractivity contribution >= 4 is 0 Å². The van der Waals surface area contributed by atoms with Gasteiger partial charge in [-0.15, -0.1) is 0 Å². The zero-order chi connectivity index (χ0) is 23.6. The fourth-order valence-corrected chi connectivity index (χ4v) is 3.86. The molecule has 1 unspecified atom stereocenters. The van der Waals surface area contributed by atoms with Gasteiger partial charge in [0, 0.05) is 25.2 Å². The third-order valence-electron chi connectivity index (χ3n) is 5.57. The van der Waals surface area contributed by atoms with E-state index in [-0.39, 0.29) is 0 Å². The molecule has 2 aromatic carbocycles. The number of rotatable bonds is 7. The summed E-state index contributed by atoms with van der Waals surface area (Å²) in [7, 11) is 0. The minimum absolute atomic E-state index is 0.293. The van der Waals surface area contributed by atoms with Gasteiger partial charge in [-0.25, -0.2) is 8.78 Å². The molecule has 0 radical (unpaired) electrons. The van der Waals surface area contributed by atoms with Gasteiger partial charge in [0.25, 0.3) is 0 Å². The molecule has 3 aromatic rings. The summed E-state index contributed by atoms with van der Waals surface area (Å²) in [6.07, 6.45) is -8.43. The first kappa shape index (κ1) is 23.0. The van der Waals surface area contributed by atoms with Crippen LogP contribution in [-0.4, -0.2) is 40.4 Å². The molecule has 1 aromatic heterocycles. The van der Waals surface area contributed by atoms with E-state index in [1.165, 1.54) is 0 Å². The standard InChI is InChI=1S/C24H22F4N4O/c1-16-2-8-19(9-3-16)22-10-20-13-31(12-18-6-4-17(11-29)5-7-18)14-21(32(20)30-22)15-33-24(27,28)23(25)26/h2-10,21,23H,12-15H2,1H3. The predicted octanol–water partition coefficient (Wildman–Crippen LogP) is 5.16. The van der Waals surface area contributed by atoms with Crippen molar-refractivity contribution in [2.45, 2.75) is 38.6 Å². The number of alkyl halides is 4. The van der Waals surface area contributed by atoms with Gasteiger partial charge in [0.2, 0.25) is 0 Å². The summed E-state index contributed by atoms with van der Waals surface area (Å²) in [6.45, 7) is 2.66. The van der Waals surface area contributed by atoms with Crippen molar-refractivity contribution in [3.8, 4) is 17.3 Å². The Balaban J connectivity index is 1.59. The Hall–Kier alpha value is -3.22. The maximum Gasteiger partial charge on any atom is 0.416 e. The Morgan fingerprint density at radius 2 is 1.85 bits per heavy atom. The molecular weight excluding hydrogens is 436 g/mol. The second-order valence-corrected chi connectivity index (χ2v) is 8.14. The van der Waals surface area contributed by atoms with Crippen LogP contribution in [0.4, 0.5) is 17.6 Å². The van der Waals surface area contributed by atoms with Crippen LogP contribution in [-0.2, 0) is 17.8 Å². The first-order chi connectivity index (χ1) is 15.7. The molecule has 1 atom stereocenters. The van der Waals surface area contributed by atoms with E-state index in [9.17, 15) is 17.6 Å². The lowest BCUT2D eigenvalue weighted by Crippen LogP contribution is -2.41. The van der Waals surface area contributed by atoms with Crippen molar-refractivity contribution in [1.82, 2.24) is 14.7 Å². The van der Waals surface area contributed by atoms with E-state index in [0.717, 1.165) is 22.4 Å². The lowest BCUT2D eigenvalue weighted by molar-refractivity contribution is -0.304. The van der Waals surface area contributed by atoms with Crippen molar-refractivity contribution in [2.75, 3.05) is 13.2 Å². The maximum absolute atomic E-state index is 13.5. The van der Waals surface area contributed by atoms with Crippen LogP contribution in [0.25, 0.3) is 11.3 Å². The highest BCUT2D eigenvalue weighted by molar-refractivity contribution is 5.59. The lowest BCUT2D eigenvalue weighted by atomic mass is 10.1. The van der Waals surface area contributed by atoms with E-state index in [4.69, 9.17) is 5.26 Å². The molecule has 1 aliphatic heterocycles. The Morgan fingerprint density at radius 3 is 2.48 bits per heavy atom. The molecule has 33 heavy (non-hydrogen) atoms. The van der Waals surface area contributed by atoms with Gasteiger partial charge in [-0.3, -0.25) is 9.58 Å². The molecule has 0 amide bonds. The van der Waals surface area contributed by atoms with Crippen LogP contribution in [0.2, 0.25) is 0 Å². The molecule has 2 heterocycles. The molecule has 0 aliphatic carbocycles. The first-order valence-corrected chi connectivity index (χ1v) is 10.4. The second kappa shape index (κ2) is 9.33. The topological polar surface area (TPSA) is 54.1 Å². The van der Waals surface area contributed by atoms with Gasteiger partial charge < -0.3 is 4.74 Å². The van der Waals surface area contributed by atoms with Gasteiger partial charge in [-0.05, 0) is 30.7 Å². The zero-order valence-electron chi connectivity index (χ0n) is 17.9. The number of nitrogens with zero attached hydrogens (tertiary/aromatic N) is 4. The largest absolute Gasteiger partial charge is 0.416 e. The van der Waals surface area contributed by atoms with Crippen molar-refractivity contribution in [2.24, 2.45) is 0 Å². The van der Waals surface area contributed by atoms with Gasteiger partial charge >= 0.3 is 12.5 Å². The van der Waals surface area contributed by atoms with Crippen LogP contribution in [0.3, 0.4) is 0 Å². The minimum Gasteiger partial charge on any atom is -0.314 e. The molecule has 0 N–H and O–H groups in total. The van der Waals surface area contributed by atoms with Gasteiger partial charge in [-0.2, -0.15) is 19.1 Å². The average Bonchev–Trinajstić information content (AvgIpc) is 3.22. The number of benzene rings is 2. The Morgan fingerprint density at radius 1 is 1.15 bits per heavy atom. The number of halogens is 4. The van der Waals surface area contributed by atoms with Crippen molar-refractivity contribution in [3.05, 3.63) is 77.0 Å². The molecule has 0 bridgehead atoms. The first-order valence-electron chi connectivity index (χ1n) is 10.4. The number of hydrogen-bond donors (Lipinski definition) is 0. The molecule has 1 aliphatic rings. The molecule has 0 saturated heterocycles. The number of nitriles is 1. The van der Waals surface area contributed by atoms with Gasteiger partial charge in [0.15, 0.2) is 0 Å². The zero-order valence-corrected chi connectivity index (χ0v) is 17.9. The van der Waals surface area contributed by atoms with Crippen molar-refractivity contribution < 1.29 is 22.3 Å². The number of aryl methyl sites for hydroxylation is 1. The Bertz CT molecular complexity index is 1140. The number of aromatic nitrogens is 2. The van der Waals surface area contributed by atoms with E-state index in [0.29, 0.717) is 30.9 Å². The normalized spacial score (nSPS) is 16.6. The maximum atomic E-state index is 13.5. The SMILES string of the molecule is Cc1ccc(-c2cc3n(n2)C(COC(F)(F)C(F)F)CN(Cc2ccc(C#N)cc2)C3)cc1. The van der Waals surface area contributed by atoms with Crippen molar-refractivity contribution in [3.63, 3.8) is 0 Å². The molecular formula is C24H22F4N4O. The lowest BCUT2D eigenvalue weighted by Gasteiger charge is -2.34. The van der Waals surface area contributed by atoms with E-state index in [1.54, 1.807) is 16.8 Å².